The van der Waals surface area contributed by atoms with Crippen LogP contribution in [-0.4, -0.2) is 11.1 Å². The number of benzene rings is 2. The molecule has 0 saturated carbocycles. The summed E-state index contributed by atoms with van der Waals surface area (Å²) in [6, 6.07) is 18.5. The highest BCUT2D eigenvalue weighted by molar-refractivity contribution is 5.95. The monoisotopic (exact) mass is 268 g/mol. The normalized spacial score (nSPS) is 11.7. The molecule has 2 aromatic rings. The summed E-state index contributed by atoms with van der Waals surface area (Å²) < 4.78 is 5.81. The number of rotatable bonds is 5. The SMILES string of the molecule is CCC(C(=O)O)=C(Oc1ccccc1)c1ccccc1. The molecule has 0 aliphatic rings. The molecule has 0 fully saturated rings. The van der Waals surface area contributed by atoms with Crippen molar-refractivity contribution in [1.82, 2.24) is 0 Å². The lowest BCUT2D eigenvalue weighted by atomic mass is 10.1. The third-order valence-corrected chi connectivity index (χ3v) is 2.88. The summed E-state index contributed by atoms with van der Waals surface area (Å²) in [6.45, 7) is 1.81. The van der Waals surface area contributed by atoms with E-state index in [9.17, 15) is 9.90 Å². The van der Waals surface area contributed by atoms with Crippen LogP contribution in [0.25, 0.3) is 5.76 Å². The van der Waals surface area contributed by atoms with E-state index in [1.54, 1.807) is 19.1 Å². The highest BCUT2D eigenvalue weighted by Crippen LogP contribution is 2.25. The number of carboxylic acid groups (broad SMARTS) is 1. The highest BCUT2D eigenvalue weighted by atomic mass is 16.5. The predicted octanol–water partition coefficient (Wildman–Crippen LogP) is 3.97. The van der Waals surface area contributed by atoms with Gasteiger partial charge in [-0.3, -0.25) is 0 Å². The second-order valence-corrected chi connectivity index (χ2v) is 4.25. The van der Waals surface area contributed by atoms with E-state index in [4.69, 9.17) is 4.74 Å². The molecule has 0 amide bonds. The van der Waals surface area contributed by atoms with Crippen molar-refractivity contribution < 1.29 is 14.6 Å². The fraction of sp³-hybridized carbons (Fsp3) is 0.118. The van der Waals surface area contributed by atoms with Crippen molar-refractivity contribution in [2.45, 2.75) is 13.3 Å². The Balaban J connectivity index is 2.48. The lowest BCUT2D eigenvalue weighted by molar-refractivity contribution is -0.132. The van der Waals surface area contributed by atoms with Gasteiger partial charge in [0.05, 0.1) is 5.57 Å². The van der Waals surface area contributed by atoms with Gasteiger partial charge in [-0.1, -0.05) is 55.5 Å². The molecule has 0 aliphatic heterocycles. The molecule has 0 saturated heterocycles. The molecule has 3 nitrogen and oxygen atoms in total. The Hall–Kier alpha value is -2.55. The molecule has 0 heterocycles. The van der Waals surface area contributed by atoms with Gasteiger partial charge >= 0.3 is 5.97 Å². The summed E-state index contributed by atoms with van der Waals surface area (Å²) in [4.78, 5) is 11.4. The third kappa shape index (κ3) is 3.26. The fourth-order valence-electron chi connectivity index (χ4n) is 1.90. The van der Waals surface area contributed by atoms with Crippen LogP contribution in [0.5, 0.6) is 5.75 Å². The molecule has 0 aliphatic carbocycles. The zero-order valence-electron chi connectivity index (χ0n) is 11.2. The van der Waals surface area contributed by atoms with Crippen LogP contribution in [0, 0.1) is 0 Å². The number of hydrogen-bond donors (Lipinski definition) is 1. The molecule has 102 valence electrons. The van der Waals surface area contributed by atoms with E-state index in [0.717, 1.165) is 5.56 Å². The fourth-order valence-corrected chi connectivity index (χ4v) is 1.90. The number of aliphatic carboxylic acids is 1. The summed E-state index contributed by atoms with van der Waals surface area (Å²) in [7, 11) is 0. The molecule has 1 N–H and O–H groups in total. The van der Waals surface area contributed by atoms with Crippen LogP contribution < -0.4 is 4.74 Å². The van der Waals surface area contributed by atoms with Gasteiger partial charge in [0.25, 0.3) is 0 Å². The first-order valence-electron chi connectivity index (χ1n) is 6.47. The van der Waals surface area contributed by atoms with Gasteiger partial charge < -0.3 is 9.84 Å². The van der Waals surface area contributed by atoms with Crippen LogP contribution in [0.2, 0.25) is 0 Å². The molecule has 0 spiro atoms. The molecule has 0 aromatic heterocycles. The Bertz CT molecular complexity index is 601. The Labute approximate surface area is 118 Å². The molecule has 2 aromatic carbocycles. The van der Waals surface area contributed by atoms with Crippen LogP contribution in [-0.2, 0) is 4.79 Å². The van der Waals surface area contributed by atoms with E-state index in [1.165, 1.54) is 0 Å². The number of hydrogen-bond acceptors (Lipinski definition) is 2. The van der Waals surface area contributed by atoms with Crippen molar-refractivity contribution in [2.75, 3.05) is 0 Å². The van der Waals surface area contributed by atoms with Crippen LogP contribution >= 0.6 is 0 Å². The zero-order valence-corrected chi connectivity index (χ0v) is 11.2. The van der Waals surface area contributed by atoms with E-state index in [-0.39, 0.29) is 5.57 Å². The first-order valence-corrected chi connectivity index (χ1v) is 6.47. The second-order valence-electron chi connectivity index (χ2n) is 4.25. The standard InChI is InChI=1S/C17H16O3/c1-2-15(17(18)19)16(13-9-5-3-6-10-13)20-14-11-7-4-8-12-14/h3-12H,2H2,1H3,(H,18,19). The Morgan fingerprint density at radius 1 is 1.00 bits per heavy atom. The van der Waals surface area contributed by atoms with E-state index in [2.05, 4.69) is 0 Å². The van der Waals surface area contributed by atoms with Gasteiger partial charge in [0.15, 0.2) is 0 Å². The van der Waals surface area contributed by atoms with E-state index >= 15 is 0 Å². The molecule has 0 atom stereocenters. The van der Waals surface area contributed by atoms with Crippen molar-refractivity contribution in [3.05, 3.63) is 71.8 Å². The quantitative estimate of drug-likeness (QED) is 0.659. The number of ether oxygens (including phenoxy) is 1. The number of para-hydroxylation sites is 1. The van der Waals surface area contributed by atoms with Crippen LogP contribution in [0.3, 0.4) is 0 Å². The molecule has 2 rings (SSSR count). The molecular formula is C17H16O3. The highest BCUT2D eigenvalue weighted by Gasteiger charge is 2.16. The molecule has 0 unspecified atom stereocenters. The summed E-state index contributed by atoms with van der Waals surface area (Å²) in [6.07, 6.45) is 0.395. The van der Waals surface area contributed by atoms with Gasteiger partial charge in [-0.2, -0.15) is 0 Å². The van der Waals surface area contributed by atoms with Crippen molar-refractivity contribution in [3.63, 3.8) is 0 Å². The van der Waals surface area contributed by atoms with Gasteiger partial charge in [-0.25, -0.2) is 4.79 Å². The van der Waals surface area contributed by atoms with Gasteiger partial charge in [0.1, 0.15) is 11.5 Å². The minimum Gasteiger partial charge on any atom is -0.478 e. The predicted molar refractivity (Wildman–Crippen MR) is 78.4 cm³/mol. The first kappa shape index (κ1) is 13.9. The average molecular weight is 268 g/mol. The number of carbonyl (C=O) groups is 1. The van der Waals surface area contributed by atoms with Gasteiger partial charge in [0.2, 0.25) is 0 Å². The lowest BCUT2D eigenvalue weighted by Crippen LogP contribution is -2.07. The summed E-state index contributed by atoms with van der Waals surface area (Å²) >= 11 is 0. The maximum absolute atomic E-state index is 11.4. The maximum Gasteiger partial charge on any atom is 0.335 e. The lowest BCUT2D eigenvalue weighted by Gasteiger charge is -2.13. The smallest absolute Gasteiger partial charge is 0.335 e. The van der Waals surface area contributed by atoms with Gasteiger partial charge in [-0.15, -0.1) is 0 Å². The van der Waals surface area contributed by atoms with Crippen LogP contribution in [0.1, 0.15) is 18.9 Å². The molecule has 0 radical (unpaired) electrons. The van der Waals surface area contributed by atoms with Crippen LogP contribution in [0.4, 0.5) is 0 Å². The Morgan fingerprint density at radius 3 is 2.05 bits per heavy atom. The van der Waals surface area contributed by atoms with Crippen molar-refractivity contribution in [1.29, 1.82) is 0 Å². The van der Waals surface area contributed by atoms with E-state index in [0.29, 0.717) is 17.9 Å². The molecule has 20 heavy (non-hydrogen) atoms. The average Bonchev–Trinajstić information content (AvgIpc) is 2.48. The minimum absolute atomic E-state index is 0.264. The largest absolute Gasteiger partial charge is 0.478 e. The van der Waals surface area contributed by atoms with Gasteiger partial charge in [0, 0.05) is 5.56 Å². The Morgan fingerprint density at radius 2 is 1.55 bits per heavy atom. The molecule has 3 heteroatoms. The minimum atomic E-state index is -0.956. The Kier molecular flexibility index (Phi) is 4.56. The summed E-state index contributed by atoms with van der Waals surface area (Å²) in [5.74, 6) is 0.0626. The topological polar surface area (TPSA) is 46.5 Å². The summed E-state index contributed by atoms with van der Waals surface area (Å²) in [5.41, 5.74) is 1.02. The third-order valence-electron chi connectivity index (χ3n) is 2.88. The molecule has 0 bridgehead atoms. The van der Waals surface area contributed by atoms with Crippen molar-refractivity contribution in [2.24, 2.45) is 0 Å². The maximum atomic E-state index is 11.4. The van der Waals surface area contributed by atoms with Crippen molar-refractivity contribution >= 4 is 11.7 Å². The van der Waals surface area contributed by atoms with Crippen molar-refractivity contribution in [3.8, 4) is 5.75 Å². The van der Waals surface area contributed by atoms with E-state index < -0.39 is 5.97 Å². The second kappa shape index (κ2) is 6.57. The van der Waals surface area contributed by atoms with Crippen LogP contribution in [0.15, 0.2) is 66.2 Å². The van der Waals surface area contributed by atoms with Gasteiger partial charge in [-0.05, 0) is 18.6 Å². The van der Waals surface area contributed by atoms with E-state index in [1.807, 2.05) is 48.5 Å². The number of carboxylic acids is 1. The zero-order chi connectivity index (χ0) is 14.4. The molecular weight excluding hydrogens is 252 g/mol. The first-order chi connectivity index (χ1) is 9.72. The summed E-state index contributed by atoms with van der Waals surface area (Å²) in [5, 5.41) is 9.35.